The van der Waals surface area contributed by atoms with Crippen molar-refractivity contribution in [3.8, 4) is 11.5 Å². The van der Waals surface area contributed by atoms with E-state index in [1.807, 2.05) is 42.2 Å². The van der Waals surface area contributed by atoms with Gasteiger partial charge in [-0.1, -0.05) is 49.7 Å². The van der Waals surface area contributed by atoms with Gasteiger partial charge >= 0.3 is 0 Å². The van der Waals surface area contributed by atoms with Crippen LogP contribution in [0.25, 0.3) is 6.08 Å². The van der Waals surface area contributed by atoms with Gasteiger partial charge in [0.2, 0.25) is 5.91 Å². The Morgan fingerprint density at radius 1 is 1.27 bits per heavy atom. The molecular formula is C31H38N2O4. The lowest BCUT2D eigenvalue weighted by Crippen LogP contribution is -2.78. The van der Waals surface area contributed by atoms with Gasteiger partial charge in [0.1, 0.15) is 6.10 Å². The van der Waals surface area contributed by atoms with Crippen LogP contribution in [0.15, 0.2) is 42.5 Å². The van der Waals surface area contributed by atoms with Crippen LogP contribution in [0, 0.1) is 12.8 Å². The highest BCUT2D eigenvalue weighted by Gasteiger charge is 2.73. The summed E-state index contributed by atoms with van der Waals surface area (Å²) in [7, 11) is 2.10. The van der Waals surface area contributed by atoms with E-state index in [9.17, 15) is 15.0 Å². The largest absolute Gasteiger partial charge is 0.504 e. The van der Waals surface area contributed by atoms with E-state index in [2.05, 4.69) is 31.9 Å². The second-order valence-corrected chi connectivity index (χ2v) is 12.1. The lowest BCUT2D eigenvalue weighted by Gasteiger charge is -2.64. The number of rotatable bonds is 5. The molecule has 4 aliphatic rings. The van der Waals surface area contributed by atoms with Crippen molar-refractivity contribution in [1.29, 1.82) is 0 Å². The van der Waals surface area contributed by atoms with Gasteiger partial charge < -0.3 is 24.7 Å². The SMILES string of the molecule is Cc1cccc(C=CC(=O)N(CC(C)C)C2CC[C@@]3(O)[C@H]4Cc5ccc(O)c6c5[C@@]3(CCN4C)C2O6)c1. The minimum absolute atomic E-state index is 0.00763. The number of carbonyl (C=O) groups excluding carboxylic acids is 1. The molecule has 1 spiro atoms. The first kappa shape index (κ1) is 24.5. The van der Waals surface area contributed by atoms with Crippen LogP contribution in [0.5, 0.6) is 11.5 Å². The van der Waals surface area contributed by atoms with Gasteiger partial charge in [-0.05, 0) is 75.4 Å². The van der Waals surface area contributed by atoms with E-state index in [0.29, 0.717) is 25.1 Å². The van der Waals surface area contributed by atoms with Crippen molar-refractivity contribution in [2.75, 3.05) is 20.1 Å². The van der Waals surface area contributed by atoms with Crippen molar-refractivity contribution >= 4 is 12.0 Å². The van der Waals surface area contributed by atoms with Gasteiger partial charge in [0.05, 0.1) is 17.1 Å². The first-order valence-electron chi connectivity index (χ1n) is 13.7. The fraction of sp³-hybridized carbons (Fsp3) is 0.516. The Morgan fingerprint density at radius 2 is 2.08 bits per heavy atom. The maximum atomic E-state index is 13.8. The van der Waals surface area contributed by atoms with Crippen LogP contribution < -0.4 is 4.74 Å². The van der Waals surface area contributed by atoms with Crippen molar-refractivity contribution < 1.29 is 19.7 Å². The number of phenolic OH excluding ortho intramolecular Hbond substituents is 1. The number of phenols is 1. The molecular weight excluding hydrogens is 464 g/mol. The van der Waals surface area contributed by atoms with E-state index in [1.165, 1.54) is 0 Å². The number of piperidine rings is 1. The predicted molar refractivity (Wildman–Crippen MR) is 144 cm³/mol. The van der Waals surface area contributed by atoms with Crippen molar-refractivity contribution in [2.24, 2.45) is 5.92 Å². The fourth-order valence-electron chi connectivity index (χ4n) is 7.87. The minimum atomic E-state index is -0.961. The molecule has 2 aliphatic carbocycles. The van der Waals surface area contributed by atoms with E-state index >= 15 is 0 Å². The van der Waals surface area contributed by atoms with Crippen LogP contribution in [0.4, 0.5) is 0 Å². The average molecular weight is 503 g/mol. The summed E-state index contributed by atoms with van der Waals surface area (Å²) < 4.78 is 6.67. The van der Waals surface area contributed by atoms with E-state index < -0.39 is 17.1 Å². The van der Waals surface area contributed by atoms with Gasteiger partial charge in [-0.25, -0.2) is 0 Å². The molecule has 2 N–H and O–H groups in total. The van der Waals surface area contributed by atoms with Gasteiger partial charge in [-0.2, -0.15) is 0 Å². The molecule has 0 radical (unpaired) electrons. The van der Waals surface area contributed by atoms with Gasteiger partial charge in [0.25, 0.3) is 0 Å². The Hall–Kier alpha value is -2.83. The number of ether oxygens (including phenoxy) is 1. The van der Waals surface area contributed by atoms with Gasteiger partial charge in [-0.15, -0.1) is 0 Å². The highest BCUT2D eigenvalue weighted by atomic mass is 16.5. The van der Waals surface area contributed by atoms with E-state index in [4.69, 9.17) is 4.74 Å². The highest BCUT2D eigenvalue weighted by molar-refractivity contribution is 5.92. The van der Waals surface area contributed by atoms with Gasteiger partial charge in [0.15, 0.2) is 11.5 Å². The monoisotopic (exact) mass is 502 g/mol. The molecule has 1 saturated carbocycles. The average Bonchev–Trinajstić information content (AvgIpc) is 3.21. The normalized spacial score (nSPS) is 31.9. The molecule has 2 aliphatic heterocycles. The van der Waals surface area contributed by atoms with Gasteiger partial charge in [0, 0.05) is 24.2 Å². The second-order valence-electron chi connectivity index (χ2n) is 12.1. The van der Waals surface area contributed by atoms with Crippen LogP contribution >= 0.6 is 0 Å². The number of likely N-dealkylation sites (tertiary alicyclic amines) is 1. The number of aromatic hydroxyl groups is 1. The summed E-state index contributed by atoms with van der Waals surface area (Å²) in [6.07, 6.45) is 5.91. The van der Waals surface area contributed by atoms with Crippen LogP contribution in [0.1, 0.15) is 55.4 Å². The zero-order valence-electron chi connectivity index (χ0n) is 22.3. The van der Waals surface area contributed by atoms with Crippen molar-refractivity contribution in [3.05, 3.63) is 64.7 Å². The number of amides is 1. The molecule has 1 amide bonds. The molecule has 2 bridgehead atoms. The summed E-state index contributed by atoms with van der Waals surface area (Å²) in [5, 5.41) is 23.3. The van der Waals surface area contributed by atoms with Crippen molar-refractivity contribution in [1.82, 2.24) is 9.80 Å². The Kier molecular flexibility index (Phi) is 5.70. The number of likely N-dealkylation sites (N-methyl/N-ethyl adjacent to an activating group) is 1. The standard InChI is InChI=1S/C31H38N2O4/c1-19(2)18-33(26(35)11-8-21-7-5-6-20(3)16-21)23-12-13-31(36)25-17-22-9-10-24(34)28-27(22)30(31,29(23)37-28)14-15-32(25)4/h5-11,16,19,23,25,29,34,36H,12-15,17-18H2,1-4H3/t23?,25-,29?,30+,31-/m1/s1. The molecule has 2 heterocycles. The van der Waals surface area contributed by atoms with Crippen LogP contribution in [-0.4, -0.2) is 69.8 Å². The lowest BCUT2D eigenvalue weighted by atomic mass is 9.48. The Bertz CT molecular complexity index is 1270. The Morgan fingerprint density at radius 3 is 2.84 bits per heavy atom. The molecule has 2 aromatic rings. The summed E-state index contributed by atoms with van der Waals surface area (Å²) in [6, 6.07) is 11.6. The van der Waals surface area contributed by atoms with Crippen LogP contribution in [0.2, 0.25) is 0 Å². The molecule has 1 saturated heterocycles. The van der Waals surface area contributed by atoms with E-state index in [0.717, 1.165) is 41.6 Å². The summed E-state index contributed by atoms with van der Waals surface area (Å²) in [4.78, 5) is 18.1. The number of carbonyl (C=O) groups is 1. The maximum Gasteiger partial charge on any atom is 0.246 e. The summed E-state index contributed by atoms with van der Waals surface area (Å²) in [5.41, 5.74) is 2.70. The van der Waals surface area contributed by atoms with E-state index in [-0.39, 0.29) is 29.7 Å². The number of benzene rings is 2. The molecule has 6 nitrogen and oxygen atoms in total. The third-order valence-corrected chi connectivity index (χ3v) is 9.40. The lowest BCUT2D eigenvalue weighted by molar-refractivity contribution is -0.197. The molecule has 6 rings (SSSR count). The minimum Gasteiger partial charge on any atom is -0.504 e. The maximum absolute atomic E-state index is 13.8. The summed E-state index contributed by atoms with van der Waals surface area (Å²) in [6.45, 7) is 7.75. The van der Waals surface area contributed by atoms with Gasteiger partial charge in [-0.3, -0.25) is 4.79 Å². The number of aliphatic hydroxyl groups is 1. The fourth-order valence-corrected chi connectivity index (χ4v) is 7.87. The van der Waals surface area contributed by atoms with Crippen LogP contribution in [0.3, 0.4) is 0 Å². The third-order valence-electron chi connectivity index (χ3n) is 9.40. The molecule has 2 unspecified atom stereocenters. The quantitative estimate of drug-likeness (QED) is 0.604. The smallest absolute Gasteiger partial charge is 0.246 e. The summed E-state index contributed by atoms with van der Waals surface area (Å²) >= 11 is 0. The van der Waals surface area contributed by atoms with Crippen molar-refractivity contribution in [3.63, 3.8) is 0 Å². The Balaban J connectivity index is 1.42. The molecule has 0 aromatic heterocycles. The molecule has 196 valence electrons. The molecule has 5 atom stereocenters. The highest BCUT2D eigenvalue weighted by Crippen LogP contribution is 2.65. The zero-order valence-corrected chi connectivity index (χ0v) is 22.3. The zero-order chi connectivity index (χ0) is 26.1. The number of hydrogen-bond donors (Lipinski definition) is 2. The molecule has 2 fully saturated rings. The first-order valence-corrected chi connectivity index (χ1v) is 13.7. The number of aryl methyl sites for hydroxylation is 1. The topological polar surface area (TPSA) is 73.2 Å². The number of hydrogen-bond acceptors (Lipinski definition) is 5. The number of nitrogens with zero attached hydrogens (tertiary/aromatic N) is 2. The summed E-state index contributed by atoms with van der Waals surface area (Å²) in [5.74, 6) is 0.885. The molecule has 6 heteroatoms. The Labute approximate surface area is 219 Å². The predicted octanol–water partition coefficient (Wildman–Crippen LogP) is 4.05. The second kappa shape index (κ2) is 8.60. The molecule has 2 aromatic carbocycles. The van der Waals surface area contributed by atoms with Crippen LogP contribution in [-0.2, 0) is 16.6 Å². The third kappa shape index (κ3) is 3.48. The van der Waals surface area contributed by atoms with E-state index in [1.54, 1.807) is 12.1 Å². The first-order chi connectivity index (χ1) is 17.7. The van der Waals surface area contributed by atoms with Crippen molar-refractivity contribution in [2.45, 2.75) is 75.7 Å². The molecule has 37 heavy (non-hydrogen) atoms.